The molecular formula is C40H64N2O4. The van der Waals surface area contributed by atoms with E-state index >= 15 is 0 Å². The molecule has 0 saturated carbocycles. The fourth-order valence-electron chi connectivity index (χ4n) is 5.52. The summed E-state index contributed by atoms with van der Waals surface area (Å²) in [7, 11) is 4.17. The highest BCUT2D eigenvalue weighted by Crippen LogP contribution is 2.21. The molecule has 0 radical (unpaired) electrons. The summed E-state index contributed by atoms with van der Waals surface area (Å²) in [5.41, 5.74) is 4.14. The minimum Gasteiger partial charge on any atom is -0.461 e. The third-order valence-electron chi connectivity index (χ3n) is 8.72. The van der Waals surface area contributed by atoms with Gasteiger partial charge in [-0.2, -0.15) is 0 Å². The largest absolute Gasteiger partial charge is 0.461 e. The van der Waals surface area contributed by atoms with Crippen LogP contribution in [0.15, 0.2) is 48.5 Å². The van der Waals surface area contributed by atoms with E-state index in [1.807, 2.05) is 24.3 Å². The van der Waals surface area contributed by atoms with Crippen LogP contribution >= 0.6 is 0 Å². The molecule has 0 aliphatic rings. The second-order valence-electron chi connectivity index (χ2n) is 13.1. The standard InChI is InChI=1S/C40H64N2O4/c1-5-7-9-11-13-15-17-29-41(3)31-27-39(43)45-33-35-19-23-37(24-20-35)38-25-21-36(22-26-38)34-46-40(44)28-32-42(4)30-18-16-14-12-10-8-6-2/h19-26H,5-18,27-34H2,1-4H3. The molecule has 0 fully saturated rings. The first kappa shape index (κ1) is 39.5. The highest BCUT2D eigenvalue weighted by molar-refractivity contribution is 5.70. The molecule has 46 heavy (non-hydrogen) atoms. The Kier molecular flexibility index (Phi) is 21.8. The number of nitrogens with zero attached hydrogens (tertiary/aromatic N) is 2. The van der Waals surface area contributed by atoms with Crippen molar-refractivity contribution in [2.45, 2.75) is 130 Å². The monoisotopic (exact) mass is 636 g/mol. The van der Waals surface area contributed by atoms with Gasteiger partial charge in [0.05, 0.1) is 12.8 Å². The van der Waals surface area contributed by atoms with Gasteiger partial charge in [-0.1, -0.05) is 139 Å². The normalized spacial score (nSPS) is 11.3. The predicted octanol–water partition coefficient (Wildman–Crippen LogP) is 9.59. The molecule has 2 aromatic carbocycles. The highest BCUT2D eigenvalue weighted by Gasteiger charge is 2.09. The van der Waals surface area contributed by atoms with Crippen LogP contribution in [0, 0.1) is 0 Å². The number of carbonyl (C=O) groups excluding carboxylic acids is 2. The SMILES string of the molecule is CCCCCCCCCN(C)CCC(=O)OCc1ccc(-c2ccc(COC(=O)CCN(C)CCCCCCCCC)cc2)cc1. The molecule has 0 spiro atoms. The predicted molar refractivity (Wildman–Crippen MR) is 192 cm³/mol. The fourth-order valence-corrected chi connectivity index (χ4v) is 5.52. The van der Waals surface area contributed by atoms with E-state index in [2.05, 4.69) is 62.0 Å². The molecule has 0 unspecified atom stereocenters. The summed E-state index contributed by atoms with van der Waals surface area (Å²) in [5, 5.41) is 0. The number of hydrogen-bond acceptors (Lipinski definition) is 6. The first-order valence-corrected chi connectivity index (χ1v) is 18.3. The Bertz CT molecular complexity index is 968. The first-order chi connectivity index (χ1) is 22.4. The van der Waals surface area contributed by atoms with Crippen LogP contribution in [0.25, 0.3) is 11.1 Å². The van der Waals surface area contributed by atoms with Crippen molar-refractivity contribution < 1.29 is 19.1 Å². The molecule has 6 heteroatoms. The number of ether oxygens (including phenoxy) is 2. The van der Waals surface area contributed by atoms with E-state index in [9.17, 15) is 9.59 Å². The Hall–Kier alpha value is -2.70. The molecule has 0 aromatic heterocycles. The summed E-state index contributed by atoms with van der Waals surface area (Å²) in [4.78, 5) is 29.0. The van der Waals surface area contributed by atoms with Gasteiger partial charge in [0.1, 0.15) is 13.2 Å². The molecule has 0 N–H and O–H groups in total. The Morgan fingerprint density at radius 3 is 1.15 bits per heavy atom. The van der Waals surface area contributed by atoms with E-state index in [0.29, 0.717) is 26.1 Å². The number of carbonyl (C=O) groups is 2. The fraction of sp³-hybridized carbons (Fsp3) is 0.650. The molecule has 2 aromatic rings. The smallest absolute Gasteiger partial charge is 0.307 e. The molecule has 0 aliphatic heterocycles. The van der Waals surface area contributed by atoms with Crippen LogP contribution in [0.3, 0.4) is 0 Å². The summed E-state index contributed by atoms with van der Waals surface area (Å²) < 4.78 is 11.0. The lowest BCUT2D eigenvalue weighted by molar-refractivity contribution is -0.146. The van der Waals surface area contributed by atoms with E-state index < -0.39 is 0 Å². The number of benzene rings is 2. The second-order valence-corrected chi connectivity index (χ2v) is 13.1. The molecule has 2 rings (SSSR count). The molecular weight excluding hydrogens is 572 g/mol. The zero-order valence-corrected chi connectivity index (χ0v) is 29.7. The zero-order valence-electron chi connectivity index (χ0n) is 29.7. The third-order valence-corrected chi connectivity index (χ3v) is 8.72. The van der Waals surface area contributed by atoms with Crippen molar-refractivity contribution in [3.8, 4) is 11.1 Å². The maximum absolute atomic E-state index is 12.3. The Balaban J connectivity index is 1.59. The maximum atomic E-state index is 12.3. The molecule has 0 saturated heterocycles. The van der Waals surface area contributed by atoms with Gasteiger partial charge in [0.2, 0.25) is 0 Å². The number of rotatable bonds is 27. The third kappa shape index (κ3) is 19.1. The number of unbranched alkanes of at least 4 members (excludes halogenated alkanes) is 12. The molecule has 0 bridgehead atoms. The maximum Gasteiger partial charge on any atom is 0.307 e. The van der Waals surface area contributed by atoms with Crippen LogP contribution in [-0.4, -0.2) is 62.0 Å². The van der Waals surface area contributed by atoms with Gasteiger partial charge >= 0.3 is 11.9 Å². The lowest BCUT2D eigenvalue weighted by Crippen LogP contribution is -2.23. The molecule has 0 aliphatic carbocycles. The van der Waals surface area contributed by atoms with Gasteiger partial charge in [-0.05, 0) is 62.3 Å². The number of hydrogen-bond donors (Lipinski definition) is 0. The van der Waals surface area contributed by atoms with Crippen LogP contribution in [0.5, 0.6) is 0 Å². The molecule has 0 atom stereocenters. The quantitative estimate of drug-likeness (QED) is 0.0719. The van der Waals surface area contributed by atoms with Crippen LogP contribution in [0.2, 0.25) is 0 Å². The van der Waals surface area contributed by atoms with E-state index in [0.717, 1.165) is 48.4 Å². The van der Waals surface area contributed by atoms with Gasteiger partial charge in [-0.3, -0.25) is 9.59 Å². The van der Waals surface area contributed by atoms with Crippen LogP contribution < -0.4 is 0 Å². The van der Waals surface area contributed by atoms with Gasteiger partial charge in [0.15, 0.2) is 0 Å². The summed E-state index contributed by atoms with van der Waals surface area (Å²) in [6, 6.07) is 16.2. The van der Waals surface area contributed by atoms with Gasteiger partial charge in [-0.25, -0.2) is 0 Å². The van der Waals surface area contributed by atoms with E-state index in [-0.39, 0.29) is 11.9 Å². The van der Waals surface area contributed by atoms with Crippen LogP contribution in [0.1, 0.15) is 128 Å². The second kappa shape index (κ2) is 25.4. The van der Waals surface area contributed by atoms with Crippen molar-refractivity contribution in [1.82, 2.24) is 9.80 Å². The topological polar surface area (TPSA) is 59.1 Å². The molecule has 0 heterocycles. The van der Waals surface area contributed by atoms with Gasteiger partial charge in [0, 0.05) is 13.1 Å². The van der Waals surface area contributed by atoms with Crippen LogP contribution in [-0.2, 0) is 32.3 Å². The van der Waals surface area contributed by atoms with Crippen molar-refractivity contribution in [2.24, 2.45) is 0 Å². The van der Waals surface area contributed by atoms with Gasteiger partial charge < -0.3 is 19.3 Å². The van der Waals surface area contributed by atoms with E-state index in [1.165, 1.54) is 89.9 Å². The van der Waals surface area contributed by atoms with Crippen LogP contribution in [0.4, 0.5) is 0 Å². The van der Waals surface area contributed by atoms with Crippen molar-refractivity contribution in [3.05, 3.63) is 59.7 Å². The Labute approximate surface area is 281 Å². The Morgan fingerprint density at radius 1 is 0.478 bits per heavy atom. The van der Waals surface area contributed by atoms with Crippen molar-refractivity contribution in [3.63, 3.8) is 0 Å². The van der Waals surface area contributed by atoms with Gasteiger partial charge in [0.25, 0.3) is 0 Å². The number of esters is 2. The first-order valence-electron chi connectivity index (χ1n) is 18.3. The van der Waals surface area contributed by atoms with Gasteiger partial charge in [-0.15, -0.1) is 0 Å². The Morgan fingerprint density at radius 2 is 0.804 bits per heavy atom. The molecule has 6 nitrogen and oxygen atoms in total. The lowest BCUT2D eigenvalue weighted by atomic mass is 10.0. The van der Waals surface area contributed by atoms with Crippen molar-refractivity contribution in [1.29, 1.82) is 0 Å². The van der Waals surface area contributed by atoms with Crippen molar-refractivity contribution >= 4 is 11.9 Å². The molecule has 258 valence electrons. The lowest BCUT2D eigenvalue weighted by Gasteiger charge is -2.16. The summed E-state index contributed by atoms with van der Waals surface area (Å²) in [5.74, 6) is -0.301. The van der Waals surface area contributed by atoms with E-state index in [1.54, 1.807) is 0 Å². The average Bonchev–Trinajstić information content (AvgIpc) is 3.07. The summed E-state index contributed by atoms with van der Waals surface area (Å²) in [6.07, 6.45) is 19.1. The van der Waals surface area contributed by atoms with Crippen molar-refractivity contribution in [2.75, 3.05) is 40.3 Å². The summed E-state index contributed by atoms with van der Waals surface area (Å²) in [6.45, 7) is 8.62. The zero-order chi connectivity index (χ0) is 33.2. The van der Waals surface area contributed by atoms with E-state index in [4.69, 9.17) is 9.47 Å². The molecule has 0 amide bonds. The summed E-state index contributed by atoms with van der Waals surface area (Å²) >= 11 is 0. The minimum absolute atomic E-state index is 0.151. The average molecular weight is 637 g/mol. The highest BCUT2D eigenvalue weighted by atomic mass is 16.5. The minimum atomic E-state index is -0.151.